The summed E-state index contributed by atoms with van der Waals surface area (Å²) in [5, 5.41) is 2.91. The van der Waals surface area contributed by atoms with Crippen LogP contribution in [0.4, 0.5) is 5.69 Å². The van der Waals surface area contributed by atoms with E-state index < -0.39 is 10.0 Å². The highest BCUT2D eigenvalue weighted by Crippen LogP contribution is 2.23. The predicted octanol–water partition coefficient (Wildman–Crippen LogP) is 4.18. The minimum atomic E-state index is -3.70. The molecule has 0 atom stereocenters. The van der Waals surface area contributed by atoms with Crippen LogP contribution in [0.2, 0.25) is 0 Å². The molecule has 30 heavy (non-hydrogen) atoms. The molecule has 0 aliphatic rings. The van der Waals surface area contributed by atoms with Crippen LogP contribution in [0.5, 0.6) is 0 Å². The van der Waals surface area contributed by atoms with Crippen molar-refractivity contribution >= 4 is 21.6 Å². The van der Waals surface area contributed by atoms with E-state index in [0.29, 0.717) is 17.8 Å². The Morgan fingerprint density at radius 3 is 2.33 bits per heavy atom. The Morgan fingerprint density at radius 1 is 0.933 bits per heavy atom. The first-order valence-electron chi connectivity index (χ1n) is 9.86. The Kier molecular flexibility index (Phi) is 6.90. The second-order valence-corrected chi connectivity index (χ2v) is 9.15. The van der Waals surface area contributed by atoms with Gasteiger partial charge in [-0.15, -0.1) is 0 Å². The van der Waals surface area contributed by atoms with Crippen molar-refractivity contribution in [2.45, 2.75) is 24.7 Å². The number of carbonyl (C=O) groups excluding carboxylic acids is 1. The average molecular weight is 423 g/mol. The number of aryl methyl sites for hydroxylation is 2. The Balaban J connectivity index is 1.64. The summed E-state index contributed by atoms with van der Waals surface area (Å²) in [5.41, 5.74) is 3.09. The second-order valence-electron chi connectivity index (χ2n) is 7.18. The first-order chi connectivity index (χ1) is 14.4. The normalized spacial score (nSPS) is 11.1. The number of amides is 1. The van der Waals surface area contributed by atoms with Crippen LogP contribution in [0.25, 0.3) is 0 Å². The van der Waals surface area contributed by atoms with Gasteiger partial charge >= 0.3 is 0 Å². The largest absolute Gasteiger partial charge is 0.352 e. The minimum Gasteiger partial charge on any atom is -0.352 e. The molecule has 6 heteroatoms. The van der Waals surface area contributed by atoms with Crippen molar-refractivity contribution in [3.8, 4) is 0 Å². The standard InChI is InChI=1S/C24H26N2O3S/c1-19-13-15-23(16-14-19)30(28,29)26(2)22-12-6-11-21(18-22)24(27)25-17-7-10-20-8-4-3-5-9-20/h3-6,8-9,11-16,18H,7,10,17H2,1-2H3,(H,25,27). The fourth-order valence-electron chi connectivity index (χ4n) is 3.09. The lowest BCUT2D eigenvalue weighted by Gasteiger charge is -2.20. The molecular weight excluding hydrogens is 396 g/mol. The van der Waals surface area contributed by atoms with Crippen LogP contribution < -0.4 is 9.62 Å². The van der Waals surface area contributed by atoms with E-state index in [1.165, 1.54) is 16.9 Å². The molecule has 1 amide bonds. The van der Waals surface area contributed by atoms with Crippen molar-refractivity contribution in [2.24, 2.45) is 0 Å². The van der Waals surface area contributed by atoms with E-state index in [9.17, 15) is 13.2 Å². The summed E-state index contributed by atoms with van der Waals surface area (Å²) in [6, 6.07) is 23.5. The lowest BCUT2D eigenvalue weighted by atomic mass is 10.1. The molecular formula is C24H26N2O3S. The van der Waals surface area contributed by atoms with E-state index in [-0.39, 0.29) is 10.8 Å². The lowest BCUT2D eigenvalue weighted by molar-refractivity contribution is 0.0953. The number of nitrogens with zero attached hydrogens (tertiary/aromatic N) is 1. The van der Waals surface area contributed by atoms with Crippen LogP contribution >= 0.6 is 0 Å². The number of rotatable bonds is 8. The Bertz CT molecular complexity index is 1090. The van der Waals surface area contributed by atoms with Crippen LogP contribution in [-0.4, -0.2) is 27.9 Å². The smallest absolute Gasteiger partial charge is 0.264 e. The molecule has 1 N–H and O–H groups in total. The van der Waals surface area contributed by atoms with E-state index in [4.69, 9.17) is 0 Å². The first-order valence-corrected chi connectivity index (χ1v) is 11.3. The third kappa shape index (κ3) is 5.27. The summed E-state index contributed by atoms with van der Waals surface area (Å²) >= 11 is 0. The summed E-state index contributed by atoms with van der Waals surface area (Å²) in [5.74, 6) is -0.217. The molecule has 3 aromatic carbocycles. The molecule has 0 fully saturated rings. The Morgan fingerprint density at radius 2 is 1.63 bits per heavy atom. The van der Waals surface area contributed by atoms with Gasteiger partial charge < -0.3 is 5.32 Å². The SMILES string of the molecule is Cc1ccc(S(=O)(=O)N(C)c2cccc(C(=O)NCCCc3ccccc3)c2)cc1. The number of sulfonamides is 1. The zero-order chi connectivity index (χ0) is 21.6. The maximum Gasteiger partial charge on any atom is 0.264 e. The molecule has 0 aliphatic heterocycles. The van der Waals surface area contributed by atoms with Crippen LogP contribution in [0.15, 0.2) is 83.8 Å². The highest BCUT2D eigenvalue weighted by atomic mass is 32.2. The molecule has 0 unspecified atom stereocenters. The van der Waals surface area contributed by atoms with Crippen molar-refractivity contribution in [1.29, 1.82) is 0 Å². The molecule has 0 saturated heterocycles. The number of benzene rings is 3. The topological polar surface area (TPSA) is 66.5 Å². The van der Waals surface area contributed by atoms with E-state index in [1.54, 1.807) is 48.5 Å². The number of carbonyl (C=O) groups is 1. The van der Waals surface area contributed by atoms with E-state index >= 15 is 0 Å². The maximum absolute atomic E-state index is 12.9. The fraction of sp³-hybridized carbons (Fsp3) is 0.208. The van der Waals surface area contributed by atoms with E-state index in [1.807, 2.05) is 25.1 Å². The van der Waals surface area contributed by atoms with Crippen LogP contribution in [0.3, 0.4) is 0 Å². The first kappa shape index (κ1) is 21.6. The molecule has 0 spiro atoms. The van der Waals surface area contributed by atoms with E-state index in [0.717, 1.165) is 18.4 Å². The van der Waals surface area contributed by atoms with Crippen molar-refractivity contribution in [3.05, 3.63) is 95.6 Å². The molecule has 0 aromatic heterocycles. The monoisotopic (exact) mass is 422 g/mol. The van der Waals surface area contributed by atoms with Gasteiger partial charge in [0.1, 0.15) is 0 Å². The highest BCUT2D eigenvalue weighted by Gasteiger charge is 2.21. The summed E-state index contributed by atoms with van der Waals surface area (Å²) in [6.07, 6.45) is 1.72. The van der Waals surface area contributed by atoms with Gasteiger partial charge in [0.2, 0.25) is 0 Å². The summed E-state index contributed by atoms with van der Waals surface area (Å²) in [4.78, 5) is 12.7. The molecule has 156 valence electrons. The number of hydrogen-bond donors (Lipinski definition) is 1. The number of nitrogens with one attached hydrogen (secondary N) is 1. The Labute approximate surface area is 178 Å². The molecule has 0 heterocycles. The molecule has 0 aliphatic carbocycles. The zero-order valence-corrected chi connectivity index (χ0v) is 18.0. The van der Waals surface area contributed by atoms with Gasteiger partial charge in [-0.3, -0.25) is 9.10 Å². The van der Waals surface area contributed by atoms with Gasteiger partial charge in [0.25, 0.3) is 15.9 Å². The van der Waals surface area contributed by atoms with Crippen LogP contribution in [0.1, 0.15) is 27.9 Å². The molecule has 0 radical (unpaired) electrons. The van der Waals surface area contributed by atoms with Gasteiger partial charge in [0.15, 0.2) is 0 Å². The van der Waals surface area contributed by atoms with Gasteiger partial charge in [-0.1, -0.05) is 54.1 Å². The van der Waals surface area contributed by atoms with Crippen molar-refractivity contribution in [1.82, 2.24) is 5.32 Å². The van der Waals surface area contributed by atoms with Crippen molar-refractivity contribution < 1.29 is 13.2 Å². The molecule has 0 saturated carbocycles. The number of anilines is 1. The third-order valence-corrected chi connectivity index (χ3v) is 6.72. The summed E-state index contributed by atoms with van der Waals surface area (Å²) in [7, 11) is -2.21. The second kappa shape index (κ2) is 9.59. The predicted molar refractivity (Wildman–Crippen MR) is 120 cm³/mol. The molecule has 0 bridgehead atoms. The average Bonchev–Trinajstić information content (AvgIpc) is 2.77. The van der Waals surface area contributed by atoms with Gasteiger partial charge in [0.05, 0.1) is 10.6 Å². The summed E-state index contributed by atoms with van der Waals surface area (Å²) < 4.78 is 27.0. The number of hydrogen-bond acceptors (Lipinski definition) is 3. The Hall–Kier alpha value is -3.12. The third-order valence-electron chi connectivity index (χ3n) is 4.92. The van der Waals surface area contributed by atoms with Crippen molar-refractivity contribution in [3.63, 3.8) is 0 Å². The fourth-order valence-corrected chi connectivity index (χ4v) is 4.28. The molecule has 5 nitrogen and oxygen atoms in total. The van der Waals surface area contributed by atoms with Gasteiger partial charge in [-0.25, -0.2) is 8.42 Å². The quantitative estimate of drug-likeness (QED) is 0.554. The molecule has 3 rings (SSSR count). The maximum atomic E-state index is 12.9. The van der Waals surface area contributed by atoms with Gasteiger partial charge in [0, 0.05) is 19.2 Å². The van der Waals surface area contributed by atoms with Gasteiger partial charge in [-0.05, 0) is 55.7 Å². The summed E-state index contributed by atoms with van der Waals surface area (Å²) in [6.45, 7) is 2.46. The lowest BCUT2D eigenvalue weighted by Crippen LogP contribution is -2.28. The zero-order valence-electron chi connectivity index (χ0n) is 17.2. The van der Waals surface area contributed by atoms with Gasteiger partial charge in [-0.2, -0.15) is 0 Å². The highest BCUT2D eigenvalue weighted by molar-refractivity contribution is 7.92. The minimum absolute atomic E-state index is 0.214. The van der Waals surface area contributed by atoms with Crippen LogP contribution in [0, 0.1) is 6.92 Å². The molecule has 3 aromatic rings. The van der Waals surface area contributed by atoms with Crippen molar-refractivity contribution in [2.75, 3.05) is 17.9 Å². The van der Waals surface area contributed by atoms with Crippen LogP contribution in [-0.2, 0) is 16.4 Å². The van der Waals surface area contributed by atoms with E-state index in [2.05, 4.69) is 17.4 Å².